The van der Waals surface area contributed by atoms with Crippen LogP contribution >= 0.6 is 11.6 Å². The number of hydrogen-bond donors (Lipinski definition) is 1. The summed E-state index contributed by atoms with van der Waals surface area (Å²) in [6, 6.07) is 0. The van der Waals surface area contributed by atoms with Crippen LogP contribution in [0.15, 0.2) is 0 Å². The van der Waals surface area contributed by atoms with Crippen LogP contribution in [0, 0.1) is 0 Å². The summed E-state index contributed by atoms with van der Waals surface area (Å²) in [5, 5.41) is 2.80. The van der Waals surface area contributed by atoms with E-state index in [1.54, 1.807) is 0 Å². The fourth-order valence-electron chi connectivity index (χ4n) is 1.37. The maximum Gasteiger partial charge on any atom is 0.221 e. The first-order valence-electron chi connectivity index (χ1n) is 4.77. The lowest BCUT2D eigenvalue weighted by Gasteiger charge is -2.22. The Balaban J connectivity index is 2.06. The fourth-order valence-corrected chi connectivity index (χ4v) is 1.54. The molecule has 76 valence electrons. The van der Waals surface area contributed by atoms with Crippen LogP contribution < -0.4 is 5.32 Å². The third-order valence-electron chi connectivity index (χ3n) is 2.12. The smallest absolute Gasteiger partial charge is 0.221 e. The SMILES string of the molecule is O=C(CCCl)NCC1CCCCO1. The van der Waals surface area contributed by atoms with Gasteiger partial charge in [0, 0.05) is 25.5 Å². The van der Waals surface area contributed by atoms with Gasteiger partial charge in [0.15, 0.2) is 0 Å². The normalized spacial score (nSPS) is 22.7. The van der Waals surface area contributed by atoms with Gasteiger partial charge in [0.05, 0.1) is 6.10 Å². The van der Waals surface area contributed by atoms with E-state index < -0.39 is 0 Å². The Bertz CT molecular complexity index is 158. The molecular weight excluding hydrogens is 190 g/mol. The van der Waals surface area contributed by atoms with Gasteiger partial charge >= 0.3 is 0 Å². The molecule has 1 aliphatic rings. The van der Waals surface area contributed by atoms with Crippen molar-refractivity contribution in [3.63, 3.8) is 0 Å². The molecule has 1 N–H and O–H groups in total. The van der Waals surface area contributed by atoms with Gasteiger partial charge in [-0.3, -0.25) is 4.79 Å². The zero-order valence-corrected chi connectivity index (χ0v) is 8.48. The zero-order valence-electron chi connectivity index (χ0n) is 7.72. The fraction of sp³-hybridized carbons (Fsp3) is 0.889. The minimum Gasteiger partial charge on any atom is -0.376 e. The van der Waals surface area contributed by atoms with Gasteiger partial charge in [0.1, 0.15) is 0 Å². The molecule has 0 bridgehead atoms. The number of ether oxygens (including phenoxy) is 1. The van der Waals surface area contributed by atoms with Crippen LogP contribution in [0.25, 0.3) is 0 Å². The van der Waals surface area contributed by atoms with Crippen molar-refractivity contribution in [2.24, 2.45) is 0 Å². The van der Waals surface area contributed by atoms with Gasteiger partial charge < -0.3 is 10.1 Å². The lowest BCUT2D eigenvalue weighted by atomic mass is 10.1. The standard InChI is InChI=1S/C9H16ClNO2/c10-5-4-9(12)11-7-8-3-1-2-6-13-8/h8H,1-7H2,(H,11,12). The maximum atomic E-state index is 11.0. The molecule has 0 saturated carbocycles. The zero-order chi connectivity index (χ0) is 9.52. The number of alkyl halides is 1. The second-order valence-electron chi connectivity index (χ2n) is 3.23. The van der Waals surface area contributed by atoms with Crippen molar-refractivity contribution < 1.29 is 9.53 Å². The Morgan fingerprint density at radius 3 is 3.00 bits per heavy atom. The molecule has 1 unspecified atom stereocenters. The Labute approximate surface area is 83.8 Å². The predicted molar refractivity (Wildman–Crippen MR) is 51.9 cm³/mol. The molecule has 1 rings (SSSR count). The predicted octanol–water partition coefficient (Wildman–Crippen LogP) is 1.30. The average Bonchev–Trinajstić information content (AvgIpc) is 2.17. The van der Waals surface area contributed by atoms with Gasteiger partial charge in [-0.1, -0.05) is 0 Å². The van der Waals surface area contributed by atoms with E-state index >= 15 is 0 Å². The van der Waals surface area contributed by atoms with E-state index in [2.05, 4.69) is 5.32 Å². The van der Waals surface area contributed by atoms with Crippen molar-refractivity contribution in [2.75, 3.05) is 19.0 Å². The number of hydrogen-bond acceptors (Lipinski definition) is 2. The highest BCUT2D eigenvalue weighted by Crippen LogP contribution is 2.11. The molecule has 0 aromatic rings. The van der Waals surface area contributed by atoms with Gasteiger partial charge in [0.25, 0.3) is 0 Å². The van der Waals surface area contributed by atoms with E-state index in [1.807, 2.05) is 0 Å². The molecule has 1 amide bonds. The average molecular weight is 206 g/mol. The molecule has 3 nitrogen and oxygen atoms in total. The van der Waals surface area contributed by atoms with Crippen molar-refractivity contribution in [1.29, 1.82) is 0 Å². The second kappa shape index (κ2) is 6.22. The van der Waals surface area contributed by atoms with Gasteiger partial charge in [0.2, 0.25) is 5.91 Å². The van der Waals surface area contributed by atoms with Crippen LogP contribution in [0.5, 0.6) is 0 Å². The molecular formula is C9H16ClNO2. The highest BCUT2D eigenvalue weighted by Gasteiger charge is 2.14. The minimum absolute atomic E-state index is 0.0178. The topological polar surface area (TPSA) is 38.3 Å². The summed E-state index contributed by atoms with van der Waals surface area (Å²) in [5.41, 5.74) is 0. The molecule has 0 aliphatic carbocycles. The Kier molecular flexibility index (Phi) is 5.16. The molecule has 0 aromatic heterocycles. The summed E-state index contributed by atoms with van der Waals surface area (Å²) in [6.45, 7) is 1.46. The Morgan fingerprint density at radius 1 is 1.54 bits per heavy atom. The van der Waals surface area contributed by atoms with Crippen LogP contribution in [0.4, 0.5) is 0 Å². The van der Waals surface area contributed by atoms with E-state index in [1.165, 1.54) is 6.42 Å². The summed E-state index contributed by atoms with van der Waals surface area (Å²) in [4.78, 5) is 11.0. The van der Waals surface area contributed by atoms with E-state index in [0.717, 1.165) is 19.4 Å². The summed E-state index contributed by atoms with van der Waals surface area (Å²) in [5.74, 6) is 0.404. The molecule has 0 radical (unpaired) electrons. The molecule has 1 heterocycles. The highest BCUT2D eigenvalue weighted by molar-refractivity contribution is 6.18. The highest BCUT2D eigenvalue weighted by atomic mass is 35.5. The van der Waals surface area contributed by atoms with Crippen molar-refractivity contribution in [1.82, 2.24) is 5.32 Å². The van der Waals surface area contributed by atoms with Crippen LogP contribution in [0.3, 0.4) is 0 Å². The van der Waals surface area contributed by atoms with E-state index in [0.29, 0.717) is 18.8 Å². The summed E-state index contributed by atoms with van der Waals surface area (Å²) < 4.78 is 5.46. The minimum atomic E-state index is 0.0178. The summed E-state index contributed by atoms with van der Waals surface area (Å²) in [7, 11) is 0. The van der Waals surface area contributed by atoms with Crippen LogP contribution in [-0.4, -0.2) is 31.0 Å². The van der Waals surface area contributed by atoms with Crippen LogP contribution in [0.2, 0.25) is 0 Å². The largest absolute Gasteiger partial charge is 0.376 e. The van der Waals surface area contributed by atoms with Gasteiger partial charge in [-0.25, -0.2) is 0 Å². The molecule has 1 saturated heterocycles. The molecule has 1 fully saturated rings. The van der Waals surface area contributed by atoms with Gasteiger partial charge in [-0.2, -0.15) is 0 Å². The summed E-state index contributed by atoms with van der Waals surface area (Å²) in [6.07, 6.45) is 4.02. The first-order chi connectivity index (χ1) is 6.33. The number of carbonyl (C=O) groups excluding carboxylic acids is 1. The van der Waals surface area contributed by atoms with Crippen molar-refractivity contribution in [3.05, 3.63) is 0 Å². The lowest BCUT2D eigenvalue weighted by Crippen LogP contribution is -2.35. The van der Waals surface area contributed by atoms with Crippen LogP contribution in [0.1, 0.15) is 25.7 Å². The van der Waals surface area contributed by atoms with Crippen LogP contribution in [-0.2, 0) is 9.53 Å². The molecule has 13 heavy (non-hydrogen) atoms. The van der Waals surface area contributed by atoms with Gasteiger partial charge in [-0.15, -0.1) is 11.6 Å². The number of nitrogens with one attached hydrogen (secondary N) is 1. The number of rotatable bonds is 4. The van der Waals surface area contributed by atoms with E-state index in [-0.39, 0.29) is 12.0 Å². The lowest BCUT2D eigenvalue weighted by molar-refractivity contribution is -0.121. The monoisotopic (exact) mass is 205 g/mol. The van der Waals surface area contributed by atoms with Crippen molar-refractivity contribution in [2.45, 2.75) is 31.8 Å². The number of carbonyl (C=O) groups is 1. The molecule has 1 atom stereocenters. The number of halogens is 1. The number of amides is 1. The van der Waals surface area contributed by atoms with Crippen molar-refractivity contribution in [3.8, 4) is 0 Å². The first kappa shape index (κ1) is 10.8. The van der Waals surface area contributed by atoms with E-state index in [9.17, 15) is 4.79 Å². The second-order valence-corrected chi connectivity index (χ2v) is 3.61. The Morgan fingerprint density at radius 2 is 2.38 bits per heavy atom. The molecule has 4 heteroatoms. The Hall–Kier alpha value is -0.280. The molecule has 0 aromatic carbocycles. The molecule has 1 aliphatic heterocycles. The third kappa shape index (κ3) is 4.48. The first-order valence-corrected chi connectivity index (χ1v) is 5.30. The van der Waals surface area contributed by atoms with Crippen molar-refractivity contribution >= 4 is 17.5 Å². The maximum absolute atomic E-state index is 11.0. The van der Waals surface area contributed by atoms with E-state index in [4.69, 9.17) is 16.3 Å². The third-order valence-corrected chi connectivity index (χ3v) is 2.31. The quantitative estimate of drug-likeness (QED) is 0.703. The van der Waals surface area contributed by atoms with Gasteiger partial charge in [-0.05, 0) is 19.3 Å². The molecule has 0 spiro atoms. The summed E-state index contributed by atoms with van der Waals surface area (Å²) >= 11 is 5.43.